The van der Waals surface area contributed by atoms with E-state index in [9.17, 15) is 15.2 Å². The van der Waals surface area contributed by atoms with E-state index in [1.807, 2.05) is 19.1 Å². The number of hydrogen-bond acceptors (Lipinski definition) is 4. The largest absolute Gasteiger partial charge is 0.507 e. The van der Waals surface area contributed by atoms with E-state index in [1.165, 1.54) is 0 Å². The number of rotatable bonds is 3. The van der Waals surface area contributed by atoms with E-state index in [2.05, 4.69) is 4.99 Å². The quantitative estimate of drug-likeness (QED) is 0.506. The summed E-state index contributed by atoms with van der Waals surface area (Å²) in [6.07, 6.45) is 3.45. The molecule has 1 aromatic rings. The van der Waals surface area contributed by atoms with Gasteiger partial charge in [0.2, 0.25) is 6.04 Å². The molecule has 0 aromatic heterocycles. The smallest absolute Gasteiger partial charge is 0.215 e. The molecule has 2 atom stereocenters. The Labute approximate surface area is 105 Å². The number of aryl methyl sites for hydroxylation is 1. The monoisotopic (exact) mass is 248 g/mol. The Kier molecular flexibility index (Phi) is 3.60. The Balaban J connectivity index is 2.04. The van der Waals surface area contributed by atoms with Crippen LogP contribution >= 0.6 is 0 Å². The van der Waals surface area contributed by atoms with Crippen LogP contribution in [0.3, 0.4) is 0 Å². The van der Waals surface area contributed by atoms with Crippen molar-refractivity contribution in [2.24, 2.45) is 4.99 Å². The molecule has 2 unspecified atom stereocenters. The third-order valence-electron chi connectivity index (χ3n) is 3.37. The van der Waals surface area contributed by atoms with E-state index in [-0.39, 0.29) is 16.7 Å². The SMILES string of the molecule is Cc1cccc(C=NC2CCC([N+](=O)[O-])C2)c1O. The lowest BCUT2D eigenvalue weighted by Crippen LogP contribution is -2.15. The number of aliphatic imine (C=N–C) groups is 1. The van der Waals surface area contributed by atoms with E-state index in [0.717, 1.165) is 12.0 Å². The molecule has 1 fully saturated rings. The van der Waals surface area contributed by atoms with Crippen LogP contribution < -0.4 is 0 Å². The minimum absolute atomic E-state index is 0.000289. The van der Waals surface area contributed by atoms with Crippen LogP contribution in [0.15, 0.2) is 23.2 Å². The first-order valence-corrected chi connectivity index (χ1v) is 6.03. The molecule has 1 aromatic carbocycles. The fourth-order valence-corrected chi connectivity index (χ4v) is 2.23. The number of nitro groups is 1. The highest BCUT2D eigenvalue weighted by Gasteiger charge is 2.31. The molecule has 0 saturated heterocycles. The predicted molar refractivity (Wildman–Crippen MR) is 68.9 cm³/mol. The van der Waals surface area contributed by atoms with Crippen molar-refractivity contribution < 1.29 is 10.0 Å². The zero-order valence-electron chi connectivity index (χ0n) is 10.2. The van der Waals surface area contributed by atoms with Crippen LogP contribution in [0.5, 0.6) is 5.75 Å². The summed E-state index contributed by atoms with van der Waals surface area (Å²) >= 11 is 0. The van der Waals surface area contributed by atoms with Crippen molar-refractivity contribution in [2.75, 3.05) is 0 Å². The first-order valence-electron chi connectivity index (χ1n) is 6.03. The number of hydrogen-bond donors (Lipinski definition) is 1. The second-order valence-corrected chi connectivity index (χ2v) is 4.70. The molecule has 1 saturated carbocycles. The molecule has 5 nitrogen and oxygen atoms in total. The highest BCUT2D eigenvalue weighted by atomic mass is 16.6. The van der Waals surface area contributed by atoms with Gasteiger partial charge in [-0.25, -0.2) is 0 Å². The maximum absolute atomic E-state index is 10.6. The fourth-order valence-electron chi connectivity index (χ4n) is 2.23. The van der Waals surface area contributed by atoms with Crippen molar-refractivity contribution in [1.29, 1.82) is 0 Å². The lowest BCUT2D eigenvalue weighted by molar-refractivity contribution is -0.520. The Hall–Kier alpha value is -1.91. The molecule has 0 spiro atoms. The van der Waals surface area contributed by atoms with Crippen LogP contribution in [0.1, 0.15) is 30.4 Å². The van der Waals surface area contributed by atoms with Crippen LogP contribution in [-0.2, 0) is 0 Å². The summed E-state index contributed by atoms with van der Waals surface area (Å²) in [6.45, 7) is 1.82. The normalized spacial score (nSPS) is 23.6. The van der Waals surface area contributed by atoms with Gasteiger partial charge in [-0.2, -0.15) is 0 Å². The average molecular weight is 248 g/mol. The highest BCUT2D eigenvalue weighted by molar-refractivity contribution is 5.84. The Bertz CT molecular complexity index is 485. The Morgan fingerprint density at radius 1 is 1.50 bits per heavy atom. The first-order chi connectivity index (χ1) is 8.58. The number of nitrogens with zero attached hydrogens (tertiary/aromatic N) is 2. The van der Waals surface area contributed by atoms with Gasteiger partial charge in [-0.05, 0) is 25.0 Å². The topological polar surface area (TPSA) is 75.7 Å². The van der Waals surface area contributed by atoms with Gasteiger partial charge in [-0.3, -0.25) is 15.1 Å². The van der Waals surface area contributed by atoms with E-state index in [0.29, 0.717) is 18.4 Å². The second kappa shape index (κ2) is 5.16. The van der Waals surface area contributed by atoms with Crippen molar-refractivity contribution in [1.82, 2.24) is 0 Å². The van der Waals surface area contributed by atoms with Crippen molar-refractivity contribution in [2.45, 2.75) is 38.3 Å². The summed E-state index contributed by atoms with van der Waals surface area (Å²) in [5.74, 6) is 0.227. The van der Waals surface area contributed by atoms with Crippen LogP contribution in [0, 0.1) is 17.0 Å². The molecule has 0 aliphatic heterocycles. The zero-order chi connectivity index (χ0) is 13.1. The van der Waals surface area contributed by atoms with E-state index >= 15 is 0 Å². The van der Waals surface area contributed by atoms with Gasteiger partial charge >= 0.3 is 0 Å². The maximum atomic E-state index is 10.6. The van der Waals surface area contributed by atoms with E-state index in [1.54, 1.807) is 12.3 Å². The zero-order valence-corrected chi connectivity index (χ0v) is 10.2. The Morgan fingerprint density at radius 2 is 2.28 bits per heavy atom. The molecule has 1 aliphatic carbocycles. The third kappa shape index (κ3) is 2.67. The van der Waals surface area contributed by atoms with E-state index < -0.39 is 6.04 Å². The number of aromatic hydroxyl groups is 1. The molecule has 0 bridgehead atoms. The number of phenolic OH excluding ortho intramolecular Hbond substituents is 1. The van der Waals surface area contributed by atoms with Crippen LogP contribution in [0.25, 0.3) is 0 Å². The molecule has 0 radical (unpaired) electrons. The highest BCUT2D eigenvalue weighted by Crippen LogP contribution is 2.25. The Morgan fingerprint density at radius 3 is 2.94 bits per heavy atom. The predicted octanol–water partition coefficient (Wildman–Crippen LogP) is 2.32. The van der Waals surface area contributed by atoms with Gasteiger partial charge < -0.3 is 5.11 Å². The summed E-state index contributed by atoms with van der Waals surface area (Å²) in [5, 5.41) is 20.4. The van der Waals surface area contributed by atoms with Gasteiger partial charge in [0.1, 0.15) is 5.75 Å². The molecular weight excluding hydrogens is 232 g/mol. The summed E-state index contributed by atoms with van der Waals surface area (Å²) in [4.78, 5) is 14.7. The molecule has 5 heteroatoms. The molecule has 1 N–H and O–H groups in total. The van der Waals surface area contributed by atoms with Crippen molar-refractivity contribution in [3.05, 3.63) is 39.4 Å². The summed E-state index contributed by atoms with van der Waals surface area (Å²) < 4.78 is 0. The number of para-hydroxylation sites is 1. The van der Waals surface area contributed by atoms with Crippen LogP contribution in [0.4, 0.5) is 0 Å². The molecule has 0 heterocycles. The van der Waals surface area contributed by atoms with E-state index in [4.69, 9.17) is 0 Å². The molecule has 18 heavy (non-hydrogen) atoms. The summed E-state index contributed by atoms with van der Waals surface area (Å²) in [7, 11) is 0. The minimum Gasteiger partial charge on any atom is -0.507 e. The third-order valence-corrected chi connectivity index (χ3v) is 3.37. The van der Waals surface area contributed by atoms with Crippen LogP contribution in [-0.4, -0.2) is 28.3 Å². The number of benzene rings is 1. The lowest BCUT2D eigenvalue weighted by atomic mass is 10.1. The van der Waals surface area contributed by atoms with Gasteiger partial charge in [0.15, 0.2) is 0 Å². The van der Waals surface area contributed by atoms with Gasteiger partial charge in [0.25, 0.3) is 0 Å². The second-order valence-electron chi connectivity index (χ2n) is 4.70. The van der Waals surface area contributed by atoms with Gasteiger partial charge in [0.05, 0.1) is 6.04 Å². The van der Waals surface area contributed by atoms with Crippen molar-refractivity contribution >= 4 is 6.21 Å². The molecule has 0 amide bonds. The summed E-state index contributed by atoms with van der Waals surface area (Å²) in [6, 6.07) is 5.00. The fraction of sp³-hybridized carbons (Fsp3) is 0.462. The number of phenols is 1. The van der Waals surface area contributed by atoms with Gasteiger partial charge in [0, 0.05) is 29.5 Å². The lowest BCUT2D eigenvalue weighted by Gasteiger charge is -2.04. The molecule has 96 valence electrons. The summed E-state index contributed by atoms with van der Waals surface area (Å²) in [5.41, 5.74) is 1.47. The minimum atomic E-state index is -0.460. The standard InChI is InChI=1S/C13H16N2O3/c1-9-3-2-4-10(13(9)16)8-14-11-5-6-12(7-11)15(17)18/h2-4,8,11-12,16H,5-7H2,1H3. The maximum Gasteiger partial charge on any atom is 0.215 e. The van der Waals surface area contributed by atoms with Crippen molar-refractivity contribution in [3.63, 3.8) is 0 Å². The molecule has 2 rings (SSSR count). The van der Waals surface area contributed by atoms with Gasteiger partial charge in [-0.15, -0.1) is 0 Å². The van der Waals surface area contributed by atoms with Crippen molar-refractivity contribution in [3.8, 4) is 5.75 Å². The van der Waals surface area contributed by atoms with Gasteiger partial charge in [-0.1, -0.05) is 12.1 Å². The average Bonchev–Trinajstić information content (AvgIpc) is 2.80. The van der Waals surface area contributed by atoms with Crippen LogP contribution in [0.2, 0.25) is 0 Å². The molecule has 1 aliphatic rings. The first kappa shape index (κ1) is 12.5. The molecular formula is C13H16N2O3.